The average Bonchev–Trinajstić information content (AvgIpc) is 3.03. The molecule has 142 valence electrons. The SMILES string of the molecule is CS(=O)(=O)Cc1ccc(CNC(=O)NCCc2c[nH]c3ccccc23)cc1. The molecule has 0 aliphatic rings. The maximum atomic E-state index is 12.0. The van der Waals surface area contributed by atoms with E-state index in [2.05, 4.69) is 21.7 Å². The molecule has 2 amide bonds. The molecule has 1 aromatic heterocycles. The maximum absolute atomic E-state index is 12.0. The number of carbonyl (C=O) groups is 1. The normalized spacial score (nSPS) is 11.4. The van der Waals surface area contributed by atoms with Crippen molar-refractivity contribution in [1.82, 2.24) is 15.6 Å². The van der Waals surface area contributed by atoms with Gasteiger partial charge in [0, 0.05) is 36.4 Å². The Morgan fingerprint density at radius 2 is 1.70 bits per heavy atom. The summed E-state index contributed by atoms with van der Waals surface area (Å²) in [5.41, 5.74) is 3.92. The van der Waals surface area contributed by atoms with Gasteiger partial charge in [-0.1, -0.05) is 42.5 Å². The monoisotopic (exact) mass is 385 g/mol. The van der Waals surface area contributed by atoms with Gasteiger partial charge in [-0.3, -0.25) is 0 Å². The van der Waals surface area contributed by atoms with Gasteiger partial charge in [-0.25, -0.2) is 13.2 Å². The van der Waals surface area contributed by atoms with E-state index in [0.29, 0.717) is 13.1 Å². The molecule has 0 spiro atoms. The molecule has 7 heteroatoms. The number of carbonyl (C=O) groups excluding carboxylic acids is 1. The topological polar surface area (TPSA) is 91.1 Å². The van der Waals surface area contributed by atoms with Gasteiger partial charge in [0.1, 0.15) is 0 Å². The molecule has 0 fully saturated rings. The minimum atomic E-state index is -3.04. The largest absolute Gasteiger partial charge is 0.361 e. The van der Waals surface area contributed by atoms with Crippen LogP contribution in [0, 0.1) is 0 Å². The van der Waals surface area contributed by atoms with Crippen molar-refractivity contribution < 1.29 is 13.2 Å². The molecule has 0 saturated heterocycles. The van der Waals surface area contributed by atoms with Crippen LogP contribution in [-0.4, -0.2) is 32.2 Å². The first-order valence-corrected chi connectivity index (χ1v) is 10.8. The molecule has 2 aromatic carbocycles. The van der Waals surface area contributed by atoms with Crippen LogP contribution in [0.15, 0.2) is 54.7 Å². The van der Waals surface area contributed by atoms with E-state index in [0.717, 1.165) is 23.1 Å². The second kappa shape index (κ2) is 8.26. The van der Waals surface area contributed by atoms with E-state index in [1.807, 2.05) is 36.5 Å². The highest BCUT2D eigenvalue weighted by molar-refractivity contribution is 7.89. The molecule has 3 rings (SSSR count). The van der Waals surface area contributed by atoms with Gasteiger partial charge in [0.15, 0.2) is 9.84 Å². The number of para-hydroxylation sites is 1. The van der Waals surface area contributed by atoms with Crippen molar-refractivity contribution in [2.24, 2.45) is 0 Å². The van der Waals surface area contributed by atoms with E-state index < -0.39 is 9.84 Å². The number of hydrogen-bond acceptors (Lipinski definition) is 3. The van der Waals surface area contributed by atoms with Crippen LogP contribution in [0.3, 0.4) is 0 Å². The van der Waals surface area contributed by atoms with Gasteiger partial charge in [-0.2, -0.15) is 0 Å². The molecule has 0 aliphatic carbocycles. The molecule has 0 saturated carbocycles. The lowest BCUT2D eigenvalue weighted by Crippen LogP contribution is -2.36. The third kappa shape index (κ3) is 5.59. The summed E-state index contributed by atoms with van der Waals surface area (Å²) >= 11 is 0. The van der Waals surface area contributed by atoms with E-state index >= 15 is 0 Å². The molecule has 0 bridgehead atoms. The number of aromatic nitrogens is 1. The molecule has 0 radical (unpaired) electrons. The molecule has 1 heterocycles. The maximum Gasteiger partial charge on any atom is 0.315 e. The zero-order valence-corrected chi connectivity index (χ0v) is 16.0. The lowest BCUT2D eigenvalue weighted by molar-refractivity contribution is 0.240. The first-order valence-electron chi connectivity index (χ1n) is 8.73. The van der Waals surface area contributed by atoms with Crippen molar-refractivity contribution >= 4 is 26.8 Å². The van der Waals surface area contributed by atoms with E-state index in [1.165, 1.54) is 17.2 Å². The van der Waals surface area contributed by atoms with Crippen molar-refractivity contribution in [3.05, 3.63) is 71.4 Å². The van der Waals surface area contributed by atoms with E-state index in [-0.39, 0.29) is 11.8 Å². The summed E-state index contributed by atoms with van der Waals surface area (Å²) in [4.78, 5) is 15.2. The van der Waals surface area contributed by atoms with Crippen LogP contribution in [0.25, 0.3) is 10.9 Å². The fourth-order valence-electron chi connectivity index (χ4n) is 2.95. The number of rotatable bonds is 7. The van der Waals surface area contributed by atoms with Gasteiger partial charge in [0.2, 0.25) is 0 Å². The molecular formula is C20H23N3O3S. The molecule has 27 heavy (non-hydrogen) atoms. The Balaban J connectivity index is 1.43. The van der Waals surface area contributed by atoms with Gasteiger partial charge in [-0.15, -0.1) is 0 Å². The van der Waals surface area contributed by atoms with Crippen molar-refractivity contribution in [3.8, 4) is 0 Å². The Kier molecular flexibility index (Phi) is 5.81. The Labute approximate surface area is 158 Å². The highest BCUT2D eigenvalue weighted by Crippen LogP contribution is 2.17. The molecule has 0 unspecified atom stereocenters. The second-order valence-electron chi connectivity index (χ2n) is 6.61. The predicted octanol–water partition coefficient (Wildman–Crippen LogP) is 2.75. The lowest BCUT2D eigenvalue weighted by Gasteiger charge is -2.08. The first-order chi connectivity index (χ1) is 12.9. The second-order valence-corrected chi connectivity index (χ2v) is 8.75. The number of amides is 2. The summed E-state index contributed by atoms with van der Waals surface area (Å²) in [5.74, 6) is 0.0228. The van der Waals surface area contributed by atoms with Gasteiger partial charge in [0.25, 0.3) is 0 Å². The highest BCUT2D eigenvalue weighted by Gasteiger charge is 2.06. The number of hydrogen-bond donors (Lipinski definition) is 3. The minimum Gasteiger partial charge on any atom is -0.361 e. The van der Waals surface area contributed by atoms with Gasteiger partial charge < -0.3 is 15.6 Å². The third-order valence-corrected chi connectivity index (χ3v) is 5.12. The number of H-pyrrole nitrogens is 1. The molecule has 3 aromatic rings. The van der Waals surface area contributed by atoms with Gasteiger partial charge in [-0.05, 0) is 29.2 Å². The van der Waals surface area contributed by atoms with Crippen LogP contribution < -0.4 is 10.6 Å². The summed E-state index contributed by atoms with van der Waals surface area (Å²) in [6.45, 7) is 0.930. The molecular weight excluding hydrogens is 362 g/mol. The zero-order chi connectivity index (χ0) is 19.3. The van der Waals surface area contributed by atoms with Crippen LogP contribution in [0.1, 0.15) is 16.7 Å². The number of sulfone groups is 1. The van der Waals surface area contributed by atoms with E-state index in [1.54, 1.807) is 12.1 Å². The Bertz CT molecular complexity index is 1020. The average molecular weight is 385 g/mol. The van der Waals surface area contributed by atoms with Crippen LogP contribution >= 0.6 is 0 Å². The fourth-order valence-corrected chi connectivity index (χ4v) is 3.75. The number of aromatic amines is 1. The molecule has 6 nitrogen and oxygen atoms in total. The first kappa shape index (κ1) is 19.0. The van der Waals surface area contributed by atoms with Crippen molar-refractivity contribution in [3.63, 3.8) is 0 Å². The minimum absolute atomic E-state index is 0.0228. The van der Waals surface area contributed by atoms with E-state index in [4.69, 9.17) is 0 Å². The van der Waals surface area contributed by atoms with Crippen molar-refractivity contribution in [1.29, 1.82) is 0 Å². The molecule has 3 N–H and O–H groups in total. The van der Waals surface area contributed by atoms with Crippen LogP contribution in [0.5, 0.6) is 0 Å². The summed E-state index contributed by atoms with van der Waals surface area (Å²) < 4.78 is 22.6. The number of fused-ring (bicyclic) bond motifs is 1. The quantitative estimate of drug-likeness (QED) is 0.584. The van der Waals surface area contributed by atoms with Crippen LogP contribution in [0.2, 0.25) is 0 Å². The fraction of sp³-hybridized carbons (Fsp3) is 0.250. The predicted molar refractivity (Wildman–Crippen MR) is 107 cm³/mol. The summed E-state index contributed by atoms with van der Waals surface area (Å²) in [5, 5.41) is 6.84. The van der Waals surface area contributed by atoms with Crippen molar-refractivity contribution in [2.45, 2.75) is 18.7 Å². The van der Waals surface area contributed by atoms with Gasteiger partial charge in [0.05, 0.1) is 5.75 Å². The number of nitrogens with one attached hydrogen (secondary N) is 3. The smallest absolute Gasteiger partial charge is 0.315 e. The molecule has 0 atom stereocenters. The van der Waals surface area contributed by atoms with Crippen molar-refractivity contribution in [2.75, 3.05) is 12.8 Å². The highest BCUT2D eigenvalue weighted by atomic mass is 32.2. The Morgan fingerprint density at radius 3 is 2.44 bits per heavy atom. The Morgan fingerprint density at radius 1 is 1.00 bits per heavy atom. The van der Waals surface area contributed by atoms with Gasteiger partial charge >= 0.3 is 6.03 Å². The standard InChI is InChI=1S/C20H23N3O3S/c1-27(25,26)14-16-8-6-15(7-9-16)12-23-20(24)21-11-10-17-13-22-19-5-3-2-4-18(17)19/h2-9,13,22H,10-12,14H2,1H3,(H2,21,23,24). The van der Waals surface area contributed by atoms with Crippen LogP contribution in [0.4, 0.5) is 4.79 Å². The Hall–Kier alpha value is -2.80. The summed E-state index contributed by atoms with van der Waals surface area (Å²) in [7, 11) is -3.04. The third-order valence-electron chi connectivity index (χ3n) is 4.26. The van der Waals surface area contributed by atoms with Crippen LogP contribution in [-0.2, 0) is 28.6 Å². The number of benzene rings is 2. The summed E-state index contributed by atoms with van der Waals surface area (Å²) in [6, 6.07) is 15.0. The zero-order valence-electron chi connectivity index (χ0n) is 15.2. The number of urea groups is 1. The lowest BCUT2D eigenvalue weighted by atomic mass is 10.1. The van der Waals surface area contributed by atoms with E-state index in [9.17, 15) is 13.2 Å². The summed E-state index contributed by atoms with van der Waals surface area (Å²) in [6.07, 6.45) is 3.93. The molecule has 0 aliphatic heterocycles.